The highest BCUT2D eigenvalue weighted by Crippen LogP contribution is 2.36. The van der Waals surface area contributed by atoms with Gasteiger partial charge in [0.2, 0.25) is 11.8 Å². The van der Waals surface area contributed by atoms with E-state index in [1.165, 1.54) is 5.56 Å². The maximum atomic E-state index is 13.2. The largest absolute Gasteiger partial charge is 0.340 e. The first-order chi connectivity index (χ1) is 13.1. The first-order valence-corrected chi connectivity index (χ1v) is 9.39. The van der Waals surface area contributed by atoms with Crippen molar-refractivity contribution in [2.75, 3.05) is 38.1 Å². The van der Waals surface area contributed by atoms with Crippen molar-refractivity contribution in [3.8, 4) is 0 Å². The van der Waals surface area contributed by atoms with Crippen molar-refractivity contribution in [3.63, 3.8) is 0 Å². The van der Waals surface area contributed by atoms with Crippen molar-refractivity contribution in [2.45, 2.75) is 18.9 Å². The molecule has 0 bridgehead atoms. The molecular weight excluding hydrogens is 340 g/mol. The van der Waals surface area contributed by atoms with Gasteiger partial charge in [-0.25, -0.2) is 0 Å². The number of para-hydroxylation sites is 1. The number of piperazine rings is 1. The molecular formula is C21H24N4O2. The zero-order chi connectivity index (χ0) is 18.8. The lowest BCUT2D eigenvalue weighted by Gasteiger charge is -2.38. The number of amides is 2. The molecule has 140 valence electrons. The second-order valence-electron chi connectivity index (χ2n) is 7.23. The Morgan fingerprint density at radius 2 is 1.78 bits per heavy atom. The van der Waals surface area contributed by atoms with Crippen LogP contribution in [0.2, 0.25) is 0 Å². The number of pyridine rings is 1. The van der Waals surface area contributed by atoms with Gasteiger partial charge < -0.3 is 9.80 Å². The Balaban J connectivity index is 1.42. The van der Waals surface area contributed by atoms with Crippen LogP contribution in [-0.4, -0.2) is 59.8 Å². The Morgan fingerprint density at radius 3 is 2.52 bits per heavy atom. The van der Waals surface area contributed by atoms with E-state index in [0.29, 0.717) is 13.1 Å². The van der Waals surface area contributed by atoms with E-state index in [2.05, 4.69) is 9.88 Å². The molecule has 2 aromatic rings. The number of nitrogens with zero attached hydrogens (tertiary/aromatic N) is 4. The molecule has 0 spiro atoms. The van der Waals surface area contributed by atoms with E-state index >= 15 is 0 Å². The van der Waals surface area contributed by atoms with Crippen molar-refractivity contribution in [1.29, 1.82) is 0 Å². The van der Waals surface area contributed by atoms with Crippen LogP contribution in [0.4, 0.5) is 5.69 Å². The van der Waals surface area contributed by atoms with Gasteiger partial charge in [0, 0.05) is 64.3 Å². The minimum atomic E-state index is -0.364. The third-order valence-corrected chi connectivity index (χ3v) is 5.56. The van der Waals surface area contributed by atoms with Crippen molar-refractivity contribution in [2.24, 2.45) is 0 Å². The Bertz CT molecular complexity index is 831. The van der Waals surface area contributed by atoms with E-state index < -0.39 is 0 Å². The maximum absolute atomic E-state index is 13.2. The molecule has 0 unspecified atom stereocenters. The Labute approximate surface area is 159 Å². The molecule has 1 aromatic carbocycles. The Morgan fingerprint density at radius 1 is 1.07 bits per heavy atom. The van der Waals surface area contributed by atoms with Crippen molar-refractivity contribution >= 4 is 17.5 Å². The molecule has 1 aromatic heterocycles. The average Bonchev–Trinajstić information content (AvgIpc) is 2.71. The zero-order valence-electron chi connectivity index (χ0n) is 15.5. The maximum Gasteiger partial charge on any atom is 0.230 e. The van der Waals surface area contributed by atoms with Crippen LogP contribution in [0.3, 0.4) is 0 Å². The van der Waals surface area contributed by atoms with E-state index in [-0.39, 0.29) is 24.2 Å². The van der Waals surface area contributed by atoms with Gasteiger partial charge in [-0.15, -0.1) is 0 Å². The Hall–Kier alpha value is -2.73. The number of benzene rings is 1. The highest BCUT2D eigenvalue weighted by molar-refractivity contribution is 6.02. The lowest BCUT2D eigenvalue weighted by Crippen LogP contribution is -2.50. The molecule has 6 nitrogen and oxygen atoms in total. The molecule has 3 heterocycles. The van der Waals surface area contributed by atoms with Crippen molar-refractivity contribution < 1.29 is 9.59 Å². The first-order valence-electron chi connectivity index (χ1n) is 9.39. The summed E-state index contributed by atoms with van der Waals surface area (Å²) in [6.07, 6.45) is 3.87. The van der Waals surface area contributed by atoms with Crippen LogP contribution in [0.1, 0.15) is 23.5 Å². The number of carbonyl (C=O) groups excluding carboxylic acids is 2. The molecule has 2 aliphatic heterocycles. The molecule has 0 N–H and O–H groups in total. The molecule has 0 saturated carbocycles. The summed E-state index contributed by atoms with van der Waals surface area (Å²) in [4.78, 5) is 35.5. The minimum Gasteiger partial charge on any atom is -0.340 e. The molecule has 27 heavy (non-hydrogen) atoms. The SMILES string of the molecule is CN1C(=O)C[C@@H](C(=O)N2CCN(Cc3ccncc3)CC2)c2ccccc21. The molecule has 1 saturated heterocycles. The normalized spacial score (nSPS) is 20.5. The number of hydrogen-bond acceptors (Lipinski definition) is 4. The van der Waals surface area contributed by atoms with E-state index in [0.717, 1.165) is 30.9 Å². The molecule has 0 aliphatic carbocycles. The van der Waals surface area contributed by atoms with Gasteiger partial charge >= 0.3 is 0 Å². The van der Waals surface area contributed by atoms with E-state index in [4.69, 9.17) is 0 Å². The highest BCUT2D eigenvalue weighted by atomic mass is 16.2. The van der Waals surface area contributed by atoms with Crippen LogP contribution in [0.15, 0.2) is 48.8 Å². The molecule has 2 amide bonds. The van der Waals surface area contributed by atoms with Gasteiger partial charge in [-0.05, 0) is 29.3 Å². The fourth-order valence-corrected chi connectivity index (χ4v) is 3.96. The van der Waals surface area contributed by atoms with E-state index in [9.17, 15) is 9.59 Å². The predicted molar refractivity (Wildman–Crippen MR) is 103 cm³/mol. The molecule has 1 atom stereocenters. The lowest BCUT2D eigenvalue weighted by molar-refractivity contribution is -0.137. The smallest absolute Gasteiger partial charge is 0.230 e. The summed E-state index contributed by atoms with van der Waals surface area (Å²) in [5, 5.41) is 0. The van der Waals surface area contributed by atoms with Crippen LogP contribution in [-0.2, 0) is 16.1 Å². The fraction of sp³-hybridized carbons (Fsp3) is 0.381. The standard InChI is InChI=1S/C21H24N4O2/c1-23-19-5-3-2-4-17(19)18(14-20(23)26)21(27)25-12-10-24(11-13-25)15-16-6-8-22-9-7-16/h2-9,18H,10-15H2,1H3/t18-/m1/s1. The number of aromatic nitrogens is 1. The molecule has 6 heteroatoms. The second-order valence-corrected chi connectivity index (χ2v) is 7.23. The van der Waals surface area contributed by atoms with Crippen LogP contribution in [0.5, 0.6) is 0 Å². The Kier molecular flexibility index (Phi) is 4.90. The number of rotatable bonds is 3. The van der Waals surface area contributed by atoms with Gasteiger partial charge in [0.25, 0.3) is 0 Å². The van der Waals surface area contributed by atoms with Crippen LogP contribution < -0.4 is 4.90 Å². The number of carbonyl (C=O) groups is 2. The predicted octanol–water partition coefficient (Wildman–Crippen LogP) is 1.88. The molecule has 4 rings (SSSR count). The lowest BCUT2D eigenvalue weighted by atomic mass is 9.88. The van der Waals surface area contributed by atoms with Crippen LogP contribution in [0.25, 0.3) is 0 Å². The van der Waals surface area contributed by atoms with Gasteiger partial charge in [-0.3, -0.25) is 19.5 Å². The number of fused-ring (bicyclic) bond motifs is 1. The van der Waals surface area contributed by atoms with Gasteiger partial charge in [0.15, 0.2) is 0 Å². The van der Waals surface area contributed by atoms with Gasteiger partial charge in [-0.2, -0.15) is 0 Å². The number of anilines is 1. The van der Waals surface area contributed by atoms with E-state index in [1.807, 2.05) is 53.7 Å². The summed E-state index contributed by atoms with van der Waals surface area (Å²) in [5.41, 5.74) is 3.05. The zero-order valence-corrected chi connectivity index (χ0v) is 15.5. The molecule has 1 fully saturated rings. The summed E-state index contributed by atoms with van der Waals surface area (Å²) < 4.78 is 0. The summed E-state index contributed by atoms with van der Waals surface area (Å²) in [6, 6.07) is 11.8. The summed E-state index contributed by atoms with van der Waals surface area (Å²) >= 11 is 0. The highest BCUT2D eigenvalue weighted by Gasteiger charge is 2.36. The van der Waals surface area contributed by atoms with Gasteiger partial charge in [0.1, 0.15) is 0 Å². The summed E-state index contributed by atoms with van der Waals surface area (Å²) in [6.45, 7) is 3.96. The van der Waals surface area contributed by atoms with Crippen LogP contribution in [0, 0.1) is 0 Å². The van der Waals surface area contributed by atoms with Crippen LogP contribution >= 0.6 is 0 Å². The third-order valence-electron chi connectivity index (χ3n) is 5.56. The van der Waals surface area contributed by atoms with E-state index in [1.54, 1.807) is 11.9 Å². The first kappa shape index (κ1) is 17.7. The quantitative estimate of drug-likeness (QED) is 0.834. The fourth-order valence-electron chi connectivity index (χ4n) is 3.96. The topological polar surface area (TPSA) is 56.8 Å². The second kappa shape index (κ2) is 7.48. The number of hydrogen-bond donors (Lipinski definition) is 0. The van der Waals surface area contributed by atoms with Crippen molar-refractivity contribution in [3.05, 3.63) is 59.9 Å². The molecule has 0 radical (unpaired) electrons. The van der Waals surface area contributed by atoms with Crippen molar-refractivity contribution in [1.82, 2.24) is 14.8 Å². The third kappa shape index (κ3) is 3.57. The summed E-state index contributed by atoms with van der Waals surface area (Å²) in [5.74, 6) is -0.285. The average molecular weight is 364 g/mol. The minimum absolute atomic E-state index is 0.00312. The summed E-state index contributed by atoms with van der Waals surface area (Å²) in [7, 11) is 1.78. The van der Waals surface area contributed by atoms with Gasteiger partial charge in [-0.1, -0.05) is 18.2 Å². The monoisotopic (exact) mass is 364 g/mol. The molecule has 2 aliphatic rings. The van der Waals surface area contributed by atoms with Gasteiger partial charge in [0.05, 0.1) is 5.92 Å².